The molecule has 0 radical (unpaired) electrons. The predicted molar refractivity (Wildman–Crippen MR) is 89.7 cm³/mol. The molecule has 5 nitrogen and oxygen atoms in total. The van der Waals surface area contributed by atoms with E-state index in [0.29, 0.717) is 29.7 Å². The van der Waals surface area contributed by atoms with Crippen molar-refractivity contribution in [3.8, 4) is 0 Å². The Morgan fingerprint density at radius 1 is 1.26 bits per heavy atom. The Hall–Kier alpha value is -1.30. The third kappa shape index (κ3) is 4.83. The van der Waals surface area contributed by atoms with Crippen LogP contribution < -0.4 is 0 Å². The Kier molecular flexibility index (Phi) is 6.27. The van der Waals surface area contributed by atoms with Gasteiger partial charge in [0.2, 0.25) is 11.8 Å². The maximum Gasteiger partial charge on any atom is 0.223 e. The molecule has 126 valence electrons. The molecule has 1 aromatic rings. The minimum atomic E-state index is -0.230. The molecule has 1 aliphatic heterocycles. The highest BCUT2D eigenvalue weighted by atomic mass is 35.5. The van der Waals surface area contributed by atoms with Gasteiger partial charge in [-0.1, -0.05) is 29.3 Å². The maximum absolute atomic E-state index is 12.3. The van der Waals surface area contributed by atoms with Gasteiger partial charge in [-0.3, -0.25) is 9.59 Å². The molecule has 0 bridgehead atoms. The summed E-state index contributed by atoms with van der Waals surface area (Å²) in [6.07, 6.45) is 0.207. The number of ether oxygens (including phenoxy) is 1. The second kappa shape index (κ2) is 7.99. The lowest BCUT2D eigenvalue weighted by Crippen LogP contribution is -2.42. The number of carbonyl (C=O) groups is 2. The van der Waals surface area contributed by atoms with Crippen LogP contribution in [0.1, 0.15) is 24.5 Å². The van der Waals surface area contributed by atoms with Crippen molar-refractivity contribution in [2.75, 3.05) is 33.8 Å². The average molecular weight is 359 g/mol. The Labute approximate surface area is 146 Å². The summed E-state index contributed by atoms with van der Waals surface area (Å²) in [6, 6.07) is 5.33. The molecule has 0 aromatic heterocycles. The summed E-state index contributed by atoms with van der Waals surface area (Å²) < 4.78 is 5.73. The van der Waals surface area contributed by atoms with Crippen LogP contribution in [0.25, 0.3) is 0 Å². The van der Waals surface area contributed by atoms with Crippen LogP contribution in [0.5, 0.6) is 0 Å². The SMILES string of the molecule is CN(C)C(=O)CCC(=O)N1CCOC(c2ccc(Cl)c(Cl)c2)C1. The van der Waals surface area contributed by atoms with Gasteiger partial charge in [-0.15, -0.1) is 0 Å². The Balaban J connectivity index is 1.96. The van der Waals surface area contributed by atoms with E-state index in [2.05, 4.69) is 0 Å². The molecule has 1 aliphatic rings. The minimum Gasteiger partial charge on any atom is -0.370 e. The first-order chi connectivity index (χ1) is 10.9. The number of halogens is 2. The zero-order valence-corrected chi connectivity index (χ0v) is 14.7. The van der Waals surface area contributed by atoms with Crippen LogP contribution >= 0.6 is 23.2 Å². The van der Waals surface area contributed by atoms with Crippen molar-refractivity contribution in [2.24, 2.45) is 0 Å². The molecule has 1 aromatic carbocycles. The topological polar surface area (TPSA) is 49.9 Å². The molecule has 0 aliphatic carbocycles. The predicted octanol–water partition coefficient (Wildman–Crippen LogP) is 2.76. The fraction of sp³-hybridized carbons (Fsp3) is 0.500. The normalized spacial score (nSPS) is 17.9. The molecule has 2 rings (SSSR count). The molecule has 1 saturated heterocycles. The van der Waals surface area contributed by atoms with Crippen molar-refractivity contribution >= 4 is 35.0 Å². The largest absolute Gasteiger partial charge is 0.370 e. The van der Waals surface area contributed by atoms with Gasteiger partial charge >= 0.3 is 0 Å². The highest BCUT2D eigenvalue weighted by Gasteiger charge is 2.26. The number of rotatable bonds is 4. The quantitative estimate of drug-likeness (QED) is 0.831. The molecule has 0 spiro atoms. The molecule has 1 atom stereocenters. The van der Waals surface area contributed by atoms with Gasteiger partial charge in [-0.25, -0.2) is 0 Å². The van der Waals surface area contributed by atoms with Crippen LogP contribution in [-0.4, -0.2) is 55.4 Å². The number of hydrogen-bond acceptors (Lipinski definition) is 3. The molecule has 23 heavy (non-hydrogen) atoms. The number of benzene rings is 1. The molecule has 1 fully saturated rings. The Morgan fingerprint density at radius 2 is 2.00 bits per heavy atom. The number of hydrogen-bond donors (Lipinski definition) is 0. The summed E-state index contributed by atoms with van der Waals surface area (Å²) in [5.74, 6) is -0.0822. The van der Waals surface area contributed by atoms with E-state index in [0.717, 1.165) is 5.56 Å². The van der Waals surface area contributed by atoms with E-state index in [1.165, 1.54) is 4.90 Å². The van der Waals surface area contributed by atoms with Gasteiger partial charge in [0.1, 0.15) is 6.10 Å². The van der Waals surface area contributed by atoms with E-state index < -0.39 is 0 Å². The van der Waals surface area contributed by atoms with E-state index in [1.54, 1.807) is 31.1 Å². The van der Waals surface area contributed by atoms with Crippen molar-refractivity contribution in [1.82, 2.24) is 9.80 Å². The summed E-state index contributed by atoms with van der Waals surface area (Å²) in [7, 11) is 3.36. The van der Waals surface area contributed by atoms with Crippen LogP contribution in [0.15, 0.2) is 18.2 Å². The van der Waals surface area contributed by atoms with E-state index in [1.807, 2.05) is 6.07 Å². The molecule has 2 amide bonds. The van der Waals surface area contributed by atoms with Crippen LogP contribution in [0.3, 0.4) is 0 Å². The van der Waals surface area contributed by atoms with Gasteiger partial charge in [0.25, 0.3) is 0 Å². The lowest BCUT2D eigenvalue weighted by molar-refractivity contribution is -0.141. The Bertz CT molecular complexity index is 593. The molecule has 1 heterocycles. The van der Waals surface area contributed by atoms with Gasteiger partial charge in [-0.2, -0.15) is 0 Å². The van der Waals surface area contributed by atoms with Gasteiger partial charge in [-0.05, 0) is 17.7 Å². The standard InChI is InChI=1S/C16H20Cl2N2O3/c1-19(2)15(21)5-6-16(22)20-7-8-23-14(10-20)11-3-4-12(17)13(18)9-11/h3-4,9,14H,5-8,10H2,1-2H3. The van der Waals surface area contributed by atoms with Crippen LogP contribution in [0.2, 0.25) is 10.0 Å². The zero-order valence-electron chi connectivity index (χ0n) is 13.2. The molecular formula is C16H20Cl2N2O3. The lowest BCUT2D eigenvalue weighted by atomic mass is 10.1. The van der Waals surface area contributed by atoms with Crippen molar-refractivity contribution < 1.29 is 14.3 Å². The second-order valence-corrected chi connectivity index (χ2v) is 6.48. The van der Waals surface area contributed by atoms with Crippen molar-refractivity contribution in [2.45, 2.75) is 18.9 Å². The summed E-state index contributed by atoms with van der Waals surface area (Å²) in [4.78, 5) is 27.1. The van der Waals surface area contributed by atoms with Gasteiger partial charge in [0.15, 0.2) is 0 Å². The monoisotopic (exact) mass is 358 g/mol. The minimum absolute atomic E-state index is 0.0337. The molecule has 0 N–H and O–H groups in total. The van der Waals surface area contributed by atoms with Crippen LogP contribution in [-0.2, 0) is 14.3 Å². The number of morpholine rings is 1. The highest BCUT2D eigenvalue weighted by Crippen LogP contribution is 2.29. The highest BCUT2D eigenvalue weighted by molar-refractivity contribution is 6.42. The number of amides is 2. The van der Waals surface area contributed by atoms with E-state index in [-0.39, 0.29) is 30.8 Å². The first-order valence-electron chi connectivity index (χ1n) is 7.43. The smallest absolute Gasteiger partial charge is 0.223 e. The summed E-state index contributed by atoms with van der Waals surface area (Å²) in [5.41, 5.74) is 0.890. The van der Waals surface area contributed by atoms with Crippen LogP contribution in [0, 0.1) is 0 Å². The third-order valence-electron chi connectivity index (χ3n) is 3.79. The summed E-state index contributed by atoms with van der Waals surface area (Å²) in [5, 5.41) is 0.953. The molecule has 1 unspecified atom stereocenters. The molecular weight excluding hydrogens is 339 g/mol. The maximum atomic E-state index is 12.3. The van der Waals surface area contributed by atoms with Crippen molar-refractivity contribution in [1.29, 1.82) is 0 Å². The van der Waals surface area contributed by atoms with Gasteiger partial charge in [0.05, 0.1) is 23.2 Å². The second-order valence-electron chi connectivity index (χ2n) is 5.66. The van der Waals surface area contributed by atoms with E-state index in [4.69, 9.17) is 27.9 Å². The fourth-order valence-electron chi connectivity index (χ4n) is 2.39. The third-order valence-corrected chi connectivity index (χ3v) is 4.53. The first-order valence-corrected chi connectivity index (χ1v) is 8.18. The fourth-order valence-corrected chi connectivity index (χ4v) is 2.69. The van der Waals surface area contributed by atoms with Crippen molar-refractivity contribution in [3.05, 3.63) is 33.8 Å². The molecule has 0 saturated carbocycles. The lowest BCUT2D eigenvalue weighted by Gasteiger charge is -2.33. The van der Waals surface area contributed by atoms with Crippen molar-refractivity contribution in [3.63, 3.8) is 0 Å². The summed E-state index contributed by atoms with van der Waals surface area (Å²) in [6.45, 7) is 1.44. The van der Waals surface area contributed by atoms with E-state index >= 15 is 0 Å². The van der Waals surface area contributed by atoms with E-state index in [9.17, 15) is 9.59 Å². The number of nitrogens with zero attached hydrogens (tertiary/aromatic N) is 2. The average Bonchev–Trinajstić information content (AvgIpc) is 2.54. The van der Waals surface area contributed by atoms with Gasteiger partial charge in [0, 0.05) is 33.5 Å². The first kappa shape index (κ1) is 18.0. The zero-order chi connectivity index (χ0) is 17.0. The Morgan fingerprint density at radius 3 is 2.65 bits per heavy atom. The molecule has 7 heteroatoms. The summed E-state index contributed by atoms with van der Waals surface area (Å²) >= 11 is 12.0. The van der Waals surface area contributed by atoms with Gasteiger partial charge < -0.3 is 14.5 Å². The number of carbonyl (C=O) groups excluding carboxylic acids is 2. The van der Waals surface area contributed by atoms with Crippen LogP contribution in [0.4, 0.5) is 0 Å².